The Morgan fingerprint density at radius 1 is 1.18 bits per heavy atom. The second-order valence-corrected chi connectivity index (χ2v) is 7.15. The molecule has 1 amide bonds. The topological polar surface area (TPSA) is 20.3 Å². The first kappa shape index (κ1) is 15.7. The highest BCUT2D eigenvalue weighted by molar-refractivity contribution is 7.99. The molecule has 0 aromatic heterocycles. The van der Waals surface area contributed by atoms with E-state index in [2.05, 4.69) is 0 Å². The normalized spacial score (nSPS) is 17.8. The van der Waals surface area contributed by atoms with Gasteiger partial charge in [-0.3, -0.25) is 4.79 Å². The molecule has 0 bridgehead atoms. The minimum Gasteiger partial charge on any atom is -0.322 e. The van der Waals surface area contributed by atoms with Crippen LogP contribution >= 0.6 is 35.0 Å². The van der Waals surface area contributed by atoms with Gasteiger partial charge in [-0.05, 0) is 24.6 Å². The predicted octanol–water partition coefficient (Wildman–Crippen LogP) is 5.19. The highest BCUT2D eigenvalue weighted by atomic mass is 35.5. The summed E-state index contributed by atoms with van der Waals surface area (Å²) in [4.78, 5) is 14.8. The fourth-order valence-electron chi connectivity index (χ4n) is 2.61. The Labute approximate surface area is 144 Å². The Balaban J connectivity index is 1.95. The third-order valence-corrected chi connectivity index (χ3v) is 5.85. The number of halogens is 2. The van der Waals surface area contributed by atoms with Crippen molar-refractivity contribution in [2.45, 2.75) is 12.3 Å². The smallest absolute Gasteiger partial charge is 0.255 e. The first-order valence-electron chi connectivity index (χ1n) is 7.01. The Kier molecular flexibility index (Phi) is 4.67. The average molecular weight is 352 g/mol. The first-order valence-corrected chi connectivity index (χ1v) is 8.82. The van der Waals surface area contributed by atoms with Gasteiger partial charge in [0.15, 0.2) is 0 Å². The fourth-order valence-corrected chi connectivity index (χ4v) is 4.37. The number of hydrogen-bond donors (Lipinski definition) is 0. The molecule has 3 rings (SSSR count). The van der Waals surface area contributed by atoms with Crippen molar-refractivity contribution in [1.82, 2.24) is 4.90 Å². The summed E-state index contributed by atoms with van der Waals surface area (Å²) in [6.45, 7) is 2.67. The molecule has 0 saturated carbocycles. The Morgan fingerprint density at radius 2 is 1.95 bits per heavy atom. The molecule has 1 saturated heterocycles. The van der Waals surface area contributed by atoms with Gasteiger partial charge in [0.25, 0.3) is 5.91 Å². The molecule has 1 aliphatic rings. The Bertz CT molecular complexity index is 720. The molecule has 0 aliphatic carbocycles. The summed E-state index contributed by atoms with van der Waals surface area (Å²) >= 11 is 14.2. The number of carbonyl (C=O) groups is 1. The van der Waals surface area contributed by atoms with Crippen molar-refractivity contribution in [2.24, 2.45) is 0 Å². The van der Waals surface area contributed by atoms with E-state index in [9.17, 15) is 4.79 Å². The van der Waals surface area contributed by atoms with Crippen LogP contribution < -0.4 is 0 Å². The van der Waals surface area contributed by atoms with E-state index in [0.29, 0.717) is 16.6 Å². The number of thioether (sulfide) groups is 1. The molecule has 2 nitrogen and oxygen atoms in total. The zero-order valence-corrected chi connectivity index (χ0v) is 14.4. The van der Waals surface area contributed by atoms with Crippen LogP contribution in [0.15, 0.2) is 42.5 Å². The van der Waals surface area contributed by atoms with Crippen molar-refractivity contribution in [3.05, 3.63) is 69.2 Å². The standard InChI is InChI=1S/C17H15Cl2NOS/c1-11-5-2-3-6-12(11)16(21)20-9-10-22-17(20)13-7-4-8-14(18)15(13)19/h2-8,17H,9-10H2,1H3/t17-/m0/s1. The number of rotatable bonds is 2. The maximum absolute atomic E-state index is 12.9. The van der Waals surface area contributed by atoms with Gasteiger partial charge in [0.05, 0.1) is 10.0 Å². The monoisotopic (exact) mass is 351 g/mol. The largest absolute Gasteiger partial charge is 0.322 e. The molecule has 1 fully saturated rings. The van der Waals surface area contributed by atoms with Gasteiger partial charge in [-0.2, -0.15) is 0 Å². The maximum atomic E-state index is 12.9. The number of aryl methyl sites for hydroxylation is 1. The molecule has 1 atom stereocenters. The van der Waals surface area contributed by atoms with E-state index in [-0.39, 0.29) is 11.3 Å². The van der Waals surface area contributed by atoms with Crippen LogP contribution in [0.1, 0.15) is 26.9 Å². The van der Waals surface area contributed by atoms with E-state index in [4.69, 9.17) is 23.2 Å². The molecular formula is C17H15Cl2NOS. The van der Waals surface area contributed by atoms with Gasteiger partial charge in [-0.15, -0.1) is 11.8 Å². The SMILES string of the molecule is Cc1ccccc1C(=O)N1CCS[C@H]1c1cccc(Cl)c1Cl. The number of carbonyl (C=O) groups excluding carboxylic acids is 1. The molecule has 0 unspecified atom stereocenters. The molecule has 0 radical (unpaired) electrons. The minimum atomic E-state index is -0.0849. The number of hydrogen-bond acceptors (Lipinski definition) is 2. The quantitative estimate of drug-likeness (QED) is 0.741. The van der Waals surface area contributed by atoms with Crippen molar-refractivity contribution in [3.63, 3.8) is 0 Å². The van der Waals surface area contributed by atoms with Crippen LogP contribution in [0.2, 0.25) is 10.0 Å². The van der Waals surface area contributed by atoms with E-state index in [1.807, 2.05) is 48.2 Å². The third kappa shape index (κ3) is 2.85. The summed E-state index contributed by atoms with van der Waals surface area (Å²) in [5.74, 6) is 0.939. The molecule has 22 heavy (non-hydrogen) atoms. The lowest BCUT2D eigenvalue weighted by molar-refractivity contribution is 0.0759. The highest BCUT2D eigenvalue weighted by Gasteiger charge is 2.33. The van der Waals surface area contributed by atoms with E-state index < -0.39 is 0 Å². The molecule has 0 spiro atoms. The highest BCUT2D eigenvalue weighted by Crippen LogP contribution is 2.43. The van der Waals surface area contributed by atoms with Crippen LogP contribution in [0.4, 0.5) is 0 Å². The van der Waals surface area contributed by atoms with E-state index in [0.717, 1.165) is 22.4 Å². The van der Waals surface area contributed by atoms with Crippen LogP contribution in [-0.4, -0.2) is 23.1 Å². The van der Waals surface area contributed by atoms with Gasteiger partial charge in [0.1, 0.15) is 5.37 Å². The van der Waals surface area contributed by atoms with E-state index in [1.165, 1.54) is 0 Å². The second kappa shape index (κ2) is 6.53. The zero-order valence-electron chi connectivity index (χ0n) is 12.1. The molecule has 114 valence electrons. The summed E-state index contributed by atoms with van der Waals surface area (Å²) in [7, 11) is 0. The zero-order chi connectivity index (χ0) is 15.7. The summed E-state index contributed by atoms with van der Waals surface area (Å²) in [6, 6.07) is 13.2. The van der Waals surface area contributed by atoms with Crippen molar-refractivity contribution >= 4 is 40.9 Å². The molecule has 5 heteroatoms. The third-order valence-electron chi connectivity index (χ3n) is 3.77. The molecular weight excluding hydrogens is 337 g/mol. The summed E-state index contributed by atoms with van der Waals surface area (Å²) < 4.78 is 0. The van der Waals surface area contributed by atoms with Crippen LogP contribution in [0.3, 0.4) is 0 Å². The predicted molar refractivity (Wildman–Crippen MR) is 93.9 cm³/mol. The van der Waals surface area contributed by atoms with Gasteiger partial charge in [-0.25, -0.2) is 0 Å². The van der Waals surface area contributed by atoms with Gasteiger partial charge in [0, 0.05) is 23.4 Å². The first-order chi connectivity index (χ1) is 10.6. The van der Waals surface area contributed by atoms with Gasteiger partial charge < -0.3 is 4.90 Å². The number of amides is 1. The Morgan fingerprint density at radius 3 is 2.73 bits per heavy atom. The number of benzene rings is 2. The molecule has 0 N–H and O–H groups in total. The van der Waals surface area contributed by atoms with Gasteiger partial charge in [-0.1, -0.05) is 53.5 Å². The van der Waals surface area contributed by atoms with Crippen LogP contribution in [0.25, 0.3) is 0 Å². The molecule has 2 aromatic rings. The van der Waals surface area contributed by atoms with Crippen LogP contribution in [0, 0.1) is 6.92 Å². The summed E-state index contributed by atoms with van der Waals surface area (Å²) in [5, 5.41) is 0.972. The van der Waals surface area contributed by atoms with Crippen LogP contribution in [-0.2, 0) is 0 Å². The fraction of sp³-hybridized carbons (Fsp3) is 0.235. The van der Waals surface area contributed by atoms with Crippen LogP contribution in [0.5, 0.6) is 0 Å². The lowest BCUT2D eigenvalue weighted by atomic mass is 10.1. The van der Waals surface area contributed by atoms with Gasteiger partial charge in [0.2, 0.25) is 0 Å². The van der Waals surface area contributed by atoms with E-state index in [1.54, 1.807) is 17.8 Å². The van der Waals surface area contributed by atoms with Crippen molar-refractivity contribution in [1.29, 1.82) is 0 Å². The minimum absolute atomic E-state index is 0.0455. The molecule has 1 aliphatic heterocycles. The average Bonchev–Trinajstić information content (AvgIpc) is 2.99. The summed E-state index contributed by atoms with van der Waals surface area (Å²) in [5.41, 5.74) is 2.63. The lowest BCUT2D eigenvalue weighted by Crippen LogP contribution is -2.31. The molecule has 1 heterocycles. The molecule has 2 aromatic carbocycles. The number of nitrogens with zero attached hydrogens (tertiary/aromatic N) is 1. The second-order valence-electron chi connectivity index (χ2n) is 5.18. The van der Waals surface area contributed by atoms with E-state index >= 15 is 0 Å². The van der Waals surface area contributed by atoms with Crippen molar-refractivity contribution in [2.75, 3.05) is 12.3 Å². The van der Waals surface area contributed by atoms with Gasteiger partial charge >= 0.3 is 0 Å². The summed E-state index contributed by atoms with van der Waals surface area (Å²) in [6.07, 6.45) is 0. The van der Waals surface area contributed by atoms with Crippen molar-refractivity contribution in [3.8, 4) is 0 Å². The Hall–Kier alpha value is -1.16. The maximum Gasteiger partial charge on any atom is 0.255 e. The van der Waals surface area contributed by atoms with Crippen molar-refractivity contribution < 1.29 is 4.79 Å². The lowest BCUT2D eigenvalue weighted by Gasteiger charge is -2.25.